The lowest BCUT2D eigenvalue weighted by atomic mass is 10.2. The predicted molar refractivity (Wildman–Crippen MR) is 67.4 cm³/mol. The highest BCUT2D eigenvalue weighted by atomic mass is 16.2. The molecule has 3 nitrogen and oxygen atoms in total. The van der Waals surface area contributed by atoms with Crippen LogP contribution in [0.25, 0.3) is 0 Å². The smallest absolute Gasteiger partial charge is 0.224 e. The van der Waals surface area contributed by atoms with Crippen LogP contribution in [0.3, 0.4) is 0 Å². The van der Waals surface area contributed by atoms with Gasteiger partial charge in [0, 0.05) is 31.6 Å². The zero-order valence-electron chi connectivity index (χ0n) is 11.0. The average molecular weight is 226 g/mol. The van der Waals surface area contributed by atoms with Crippen molar-refractivity contribution >= 4 is 5.91 Å². The van der Waals surface area contributed by atoms with E-state index in [0.717, 1.165) is 13.1 Å². The fourth-order valence-electron chi connectivity index (χ4n) is 2.34. The molecule has 0 bridgehead atoms. The predicted octanol–water partition coefficient (Wildman–Crippen LogP) is 2.17. The number of amides is 1. The Bertz CT molecular complexity index is 208. The standard InChI is InChI=1S/C13H26N2O/c1-11(2)14-12(3)10-13(16)15-8-6-4-5-7-9-15/h11-12,14H,4-10H2,1-3H3. The number of nitrogens with zero attached hydrogens (tertiary/aromatic N) is 1. The van der Waals surface area contributed by atoms with Crippen LogP contribution in [0.1, 0.15) is 52.9 Å². The van der Waals surface area contributed by atoms with Crippen LogP contribution in [0.4, 0.5) is 0 Å². The third kappa shape index (κ3) is 4.97. The highest BCUT2D eigenvalue weighted by Crippen LogP contribution is 2.11. The zero-order valence-corrected chi connectivity index (χ0v) is 11.0. The summed E-state index contributed by atoms with van der Waals surface area (Å²) in [4.78, 5) is 14.1. The fraction of sp³-hybridized carbons (Fsp3) is 0.923. The van der Waals surface area contributed by atoms with E-state index in [9.17, 15) is 4.79 Å². The molecule has 1 heterocycles. The summed E-state index contributed by atoms with van der Waals surface area (Å²) in [5, 5.41) is 3.38. The molecule has 1 N–H and O–H groups in total. The van der Waals surface area contributed by atoms with Gasteiger partial charge in [0.2, 0.25) is 5.91 Å². The Balaban J connectivity index is 2.32. The van der Waals surface area contributed by atoms with Gasteiger partial charge in [-0.2, -0.15) is 0 Å². The second-order valence-electron chi connectivity index (χ2n) is 5.22. The first-order valence-corrected chi connectivity index (χ1v) is 6.63. The molecule has 1 aliphatic heterocycles. The molecule has 3 heteroatoms. The van der Waals surface area contributed by atoms with Gasteiger partial charge in [0.1, 0.15) is 0 Å². The van der Waals surface area contributed by atoms with Crippen LogP contribution in [0.2, 0.25) is 0 Å². The summed E-state index contributed by atoms with van der Waals surface area (Å²) in [6, 6.07) is 0.739. The highest BCUT2D eigenvalue weighted by molar-refractivity contribution is 5.76. The first-order chi connectivity index (χ1) is 7.59. The normalized spacial score (nSPS) is 19.6. The minimum absolute atomic E-state index is 0.288. The second-order valence-corrected chi connectivity index (χ2v) is 5.22. The van der Waals surface area contributed by atoms with E-state index in [2.05, 4.69) is 26.1 Å². The number of hydrogen-bond donors (Lipinski definition) is 1. The highest BCUT2D eigenvalue weighted by Gasteiger charge is 2.17. The van der Waals surface area contributed by atoms with Crippen molar-refractivity contribution in [2.45, 2.75) is 65.0 Å². The Labute approximate surface area is 99.6 Å². The molecule has 0 aromatic heterocycles. The zero-order chi connectivity index (χ0) is 12.0. The molecular weight excluding hydrogens is 200 g/mol. The Hall–Kier alpha value is -0.570. The minimum Gasteiger partial charge on any atom is -0.343 e. The molecule has 1 saturated heterocycles. The van der Waals surface area contributed by atoms with Gasteiger partial charge < -0.3 is 10.2 Å². The topological polar surface area (TPSA) is 32.3 Å². The molecule has 0 radical (unpaired) electrons. The summed E-state index contributed by atoms with van der Waals surface area (Å²) >= 11 is 0. The molecular formula is C13H26N2O. The van der Waals surface area contributed by atoms with Gasteiger partial charge in [-0.05, 0) is 19.8 Å². The summed E-state index contributed by atoms with van der Waals surface area (Å²) < 4.78 is 0. The van der Waals surface area contributed by atoms with E-state index in [-0.39, 0.29) is 6.04 Å². The average Bonchev–Trinajstić information content (AvgIpc) is 2.43. The number of carbonyl (C=O) groups excluding carboxylic acids is 1. The Morgan fingerprint density at radius 2 is 1.69 bits per heavy atom. The molecule has 0 spiro atoms. The summed E-state index contributed by atoms with van der Waals surface area (Å²) in [5.41, 5.74) is 0. The van der Waals surface area contributed by atoms with Crippen LogP contribution in [0, 0.1) is 0 Å². The van der Waals surface area contributed by atoms with Crippen LogP contribution in [0.5, 0.6) is 0 Å². The van der Waals surface area contributed by atoms with E-state index in [1.165, 1.54) is 25.7 Å². The van der Waals surface area contributed by atoms with Gasteiger partial charge in [-0.3, -0.25) is 4.79 Å². The molecule has 16 heavy (non-hydrogen) atoms. The van der Waals surface area contributed by atoms with Gasteiger partial charge in [0.25, 0.3) is 0 Å². The SMILES string of the molecule is CC(C)NC(C)CC(=O)N1CCCCCC1. The van der Waals surface area contributed by atoms with E-state index in [0.29, 0.717) is 18.4 Å². The molecule has 1 rings (SSSR count). The van der Waals surface area contributed by atoms with Gasteiger partial charge in [-0.25, -0.2) is 0 Å². The molecule has 1 unspecified atom stereocenters. The number of rotatable bonds is 4. The van der Waals surface area contributed by atoms with E-state index in [1.807, 2.05) is 4.90 Å². The van der Waals surface area contributed by atoms with Gasteiger partial charge in [0.15, 0.2) is 0 Å². The Kier molecular flexibility index (Phi) is 5.81. The molecule has 0 aliphatic carbocycles. The number of hydrogen-bond acceptors (Lipinski definition) is 2. The number of carbonyl (C=O) groups is 1. The lowest BCUT2D eigenvalue weighted by molar-refractivity contribution is -0.131. The second kappa shape index (κ2) is 6.89. The maximum Gasteiger partial charge on any atom is 0.224 e. The van der Waals surface area contributed by atoms with Gasteiger partial charge >= 0.3 is 0 Å². The maximum absolute atomic E-state index is 12.0. The maximum atomic E-state index is 12.0. The monoisotopic (exact) mass is 226 g/mol. The molecule has 1 aliphatic rings. The summed E-state index contributed by atoms with van der Waals surface area (Å²) in [6.45, 7) is 8.26. The molecule has 0 aromatic carbocycles. The molecule has 0 saturated carbocycles. The summed E-state index contributed by atoms with van der Waals surface area (Å²) in [6.07, 6.45) is 5.56. The lowest BCUT2D eigenvalue weighted by Crippen LogP contribution is -2.39. The molecule has 94 valence electrons. The summed E-state index contributed by atoms with van der Waals surface area (Å²) in [5.74, 6) is 0.322. The van der Waals surface area contributed by atoms with E-state index in [1.54, 1.807) is 0 Å². The largest absolute Gasteiger partial charge is 0.343 e. The third-order valence-corrected chi connectivity index (χ3v) is 3.06. The van der Waals surface area contributed by atoms with Crippen LogP contribution in [0.15, 0.2) is 0 Å². The van der Waals surface area contributed by atoms with Crippen LogP contribution < -0.4 is 5.32 Å². The van der Waals surface area contributed by atoms with Crippen molar-refractivity contribution in [2.75, 3.05) is 13.1 Å². The van der Waals surface area contributed by atoms with Crippen molar-refractivity contribution in [1.29, 1.82) is 0 Å². The summed E-state index contributed by atoms with van der Waals surface area (Å²) in [7, 11) is 0. The van der Waals surface area contributed by atoms with Crippen molar-refractivity contribution in [1.82, 2.24) is 10.2 Å². The lowest BCUT2D eigenvalue weighted by Gasteiger charge is -2.23. The van der Waals surface area contributed by atoms with Crippen LogP contribution in [-0.4, -0.2) is 36.0 Å². The van der Waals surface area contributed by atoms with E-state index in [4.69, 9.17) is 0 Å². The first-order valence-electron chi connectivity index (χ1n) is 6.63. The Morgan fingerprint density at radius 3 is 2.19 bits per heavy atom. The molecule has 1 amide bonds. The van der Waals surface area contributed by atoms with E-state index < -0.39 is 0 Å². The first kappa shape index (κ1) is 13.5. The molecule has 1 atom stereocenters. The third-order valence-electron chi connectivity index (χ3n) is 3.06. The van der Waals surface area contributed by atoms with Gasteiger partial charge in [-0.1, -0.05) is 26.7 Å². The van der Waals surface area contributed by atoms with Crippen molar-refractivity contribution in [3.8, 4) is 0 Å². The van der Waals surface area contributed by atoms with Crippen LogP contribution >= 0.6 is 0 Å². The van der Waals surface area contributed by atoms with Crippen molar-refractivity contribution < 1.29 is 4.79 Å². The molecule has 1 fully saturated rings. The fourth-order valence-corrected chi connectivity index (χ4v) is 2.34. The quantitative estimate of drug-likeness (QED) is 0.797. The minimum atomic E-state index is 0.288. The van der Waals surface area contributed by atoms with Crippen LogP contribution in [-0.2, 0) is 4.79 Å². The van der Waals surface area contributed by atoms with Gasteiger partial charge in [0.05, 0.1) is 0 Å². The number of nitrogens with one attached hydrogen (secondary N) is 1. The number of likely N-dealkylation sites (tertiary alicyclic amines) is 1. The van der Waals surface area contributed by atoms with Gasteiger partial charge in [-0.15, -0.1) is 0 Å². The van der Waals surface area contributed by atoms with Crippen molar-refractivity contribution in [3.05, 3.63) is 0 Å². The Morgan fingerprint density at radius 1 is 1.12 bits per heavy atom. The molecule has 0 aromatic rings. The van der Waals surface area contributed by atoms with Crippen molar-refractivity contribution in [2.24, 2.45) is 0 Å². The van der Waals surface area contributed by atoms with Crippen molar-refractivity contribution in [3.63, 3.8) is 0 Å². The van der Waals surface area contributed by atoms with E-state index >= 15 is 0 Å².